The van der Waals surface area contributed by atoms with Crippen molar-refractivity contribution in [3.05, 3.63) is 36.5 Å². The zero-order valence-electron chi connectivity index (χ0n) is 39.6. The van der Waals surface area contributed by atoms with E-state index < -0.39 is 18.2 Å². The molecule has 4 N–H and O–H groups in total. The summed E-state index contributed by atoms with van der Waals surface area (Å²) >= 11 is 0. The van der Waals surface area contributed by atoms with E-state index in [1.54, 1.807) is 6.08 Å². The van der Waals surface area contributed by atoms with Gasteiger partial charge in [0.1, 0.15) is 0 Å². The Morgan fingerprint density at radius 2 is 0.763 bits per heavy atom. The van der Waals surface area contributed by atoms with E-state index in [2.05, 4.69) is 43.5 Å². The third-order valence-corrected chi connectivity index (χ3v) is 12.2. The molecule has 3 unspecified atom stereocenters. The number of unbranched alkanes of at least 4 members (excludes halogenated alkanes) is 35. The molecule has 0 aliphatic rings. The first-order valence-electron chi connectivity index (χ1n) is 26.3. The number of amides is 1. The minimum Gasteiger partial charge on any atom is -0.394 e. The summed E-state index contributed by atoms with van der Waals surface area (Å²) in [6, 6.07) is -0.743. The Balaban J connectivity index is 3.53. The number of hydrogen-bond donors (Lipinski definition) is 4. The maximum absolute atomic E-state index is 12.5. The summed E-state index contributed by atoms with van der Waals surface area (Å²) < 4.78 is 0. The molecule has 0 rings (SSSR count). The molecule has 0 bridgehead atoms. The monoisotopic (exact) mass is 830 g/mol. The van der Waals surface area contributed by atoms with Crippen molar-refractivity contribution >= 4 is 5.91 Å². The molecule has 0 aliphatic heterocycles. The van der Waals surface area contributed by atoms with E-state index in [0.717, 1.165) is 32.1 Å². The van der Waals surface area contributed by atoms with Crippen molar-refractivity contribution in [1.29, 1.82) is 0 Å². The summed E-state index contributed by atoms with van der Waals surface area (Å²) in [5.41, 5.74) is 0. The van der Waals surface area contributed by atoms with Gasteiger partial charge in [-0.15, -0.1) is 0 Å². The molecular formula is C54H103NO4. The molecule has 0 radical (unpaired) electrons. The molecule has 0 aliphatic carbocycles. The maximum Gasteiger partial charge on any atom is 0.222 e. The zero-order chi connectivity index (χ0) is 43.0. The smallest absolute Gasteiger partial charge is 0.222 e. The minimum absolute atomic E-state index is 0.0149. The largest absolute Gasteiger partial charge is 0.394 e. The molecule has 0 spiro atoms. The van der Waals surface area contributed by atoms with Gasteiger partial charge in [0.2, 0.25) is 5.91 Å². The molecule has 0 saturated carbocycles. The Morgan fingerprint density at radius 1 is 0.441 bits per heavy atom. The van der Waals surface area contributed by atoms with Gasteiger partial charge in [-0.3, -0.25) is 4.79 Å². The third kappa shape index (κ3) is 45.9. The van der Waals surface area contributed by atoms with Crippen LogP contribution in [0.4, 0.5) is 0 Å². The molecule has 3 atom stereocenters. The molecule has 1 amide bonds. The highest BCUT2D eigenvalue weighted by molar-refractivity contribution is 5.76. The molecule has 0 aromatic heterocycles. The van der Waals surface area contributed by atoms with Crippen LogP contribution in [-0.4, -0.2) is 46.1 Å². The second-order valence-electron chi connectivity index (χ2n) is 18.1. The van der Waals surface area contributed by atoms with Crippen LogP contribution in [0.2, 0.25) is 0 Å². The molecule has 0 aromatic rings. The molecule has 0 fully saturated rings. The molecule has 59 heavy (non-hydrogen) atoms. The van der Waals surface area contributed by atoms with Crippen LogP contribution in [0.25, 0.3) is 0 Å². The lowest BCUT2D eigenvalue weighted by Crippen LogP contribution is -2.45. The van der Waals surface area contributed by atoms with Gasteiger partial charge in [0, 0.05) is 0 Å². The number of rotatable bonds is 48. The molecular weight excluding hydrogens is 727 g/mol. The highest BCUT2D eigenvalue weighted by Crippen LogP contribution is 2.16. The number of allylic oxidation sites excluding steroid dienone is 5. The van der Waals surface area contributed by atoms with Crippen molar-refractivity contribution in [1.82, 2.24) is 5.32 Å². The van der Waals surface area contributed by atoms with Crippen LogP contribution in [-0.2, 0) is 4.79 Å². The summed E-state index contributed by atoms with van der Waals surface area (Å²) in [6.07, 6.45) is 63.2. The van der Waals surface area contributed by atoms with Gasteiger partial charge in [0.05, 0.1) is 31.3 Å². The quantitative estimate of drug-likeness (QED) is 0.0363. The summed E-state index contributed by atoms with van der Waals surface area (Å²) in [6.45, 7) is 4.22. The SMILES string of the molecule is CCCCCCCCCCC/C=C\C/C=C\CCCCCCCCCCCCCCCCCC(O)CC(=O)NC(CO)C(O)/C=C/CCCCCCCCCCCCC. The van der Waals surface area contributed by atoms with Crippen LogP contribution in [0.3, 0.4) is 0 Å². The normalized spacial score (nSPS) is 13.6. The van der Waals surface area contributed by atoms with E-state index in [-0.39, 0.29) is 18.9 Å². The van der Waals surface area contributed by atoms with E-state index >= 15 is 0 Å². The number of nitrogens with one attached hydrogen (secondary N) is 1. The fourth-order valence-corrected chi connectivity index (χ4v) is 8.14. The van der Waals surface area contributed by atoms with E-state index in [4.69, 9.17) is 0 Å². The summed E-state index contributed by atoms with van der Waals surface area (Å²) in [5, 5.41) is 33.3. The lowest BCUT2D eigenvalue weighted by molar-refractivity contribution is -0.124. The number of aliphatic hydroxyl groups is 3. The van der Waals surface area contributed by atoms with Gasteiger partial charge in [0.25, 0.3) is 0 Å². The Hall–Kier alpha value is -1.43. The molecule has 0 aromatic carbocycles. The average Bonchev–Trinajstić information content (AvgIpc) is 3.23. The van der Waals surface area contributed by atoms with E-state index in [0.29, 0.717) is 6.42 Å². The van der Waals surface area contributed by atoms with Crippen molar-refractivity contribution in [3.8, 4) is 0 Å². The maximum atomic E-state index is 12.5. The Morgan fingerprint density at radius 3 is 1.12 bits per heavy atom. The molecule has 0 heterocycles. The third-order valence-electron chi connectivity index (χ3n) is 12.2. The van der Waals surface area contributed by atoms with Gasteiger partial charge in [-0.1, -0.05) is 256 Å². The lowest BCUT2D eigenvalue weighted by Gasteiger charge is -2.21. The highest BCUT2D eigenvalue weighted by atomic mass is 16.3. The van der Waals surface area contributed by atoms with Crippen molar-refractivity contribution in [2.24, 2.45) is 0 Å². The predicted molar refractivity (Wildman–Crippen MR) is 259 cm³/mol. The van der Waals surface area contributed by atoms with Crippen molar-refractivity contribution in [2.45, 2.75) is 295 Å². The fraction of sp³-hybridized carbons (Fsp3) is 0.870. The Labute approximate surface area is 368 Å². The second kappa shape index (κ2) is 49.2. The number of aliphatic hydroxyl groups excluding tert-OH is 3. The van der Waals surface area contributed by atoms with E-state index in [9.17, 15) is 20.1 Å². The summed E-state index contributed by atoms with van der Waals surface area (Å²) in [5.74, 6) is -0.314. The van der Waals surface area contributed by atoms with Crippen LogP contribution >= 0.6 is 0 Å². The van der Waals surface area contributed by atoms with Gasteiger partial charge < -0.3 is 20.6 Å². The number of carbonyl (C=O) groups excluding carboxylic acids is 1. The van der Waals surface area contributed by atoms with Crippen molar-refractivity contribution in [2.75, 3.05) is 6.61 Å². The van der Waals surface area contributed by atoms with Gasteiger partial charge >= 0.3 is 0 Å². The average molecular weight is 830 g/mol. The first-order chi connectivity index (χ1) is 29.0. The number of carbonyl (C=O) groups is 1. The van der Waals surface area contributed by atoms with Gasteiger partial charge in [-0.25, -0.2) is 0 Å². The fourth-order valence-electron chi connectivity index (χ4n) is 8.14. The van der Waals surface area contributed by atoms with Gasteiger partial charge in [-0.2, -0.15) is 0 Å². The highest BCUT2D eigenvalue weighted by Gasteiger charge is 2.20. The van der Waals surface area contributed by atoms with Crippen molar-refractivity contribution in [3.63, 3.8) is 0 Å². The van der Waals surface area contributed by atoms with Crippen LogP contribution < -0.4 is 5.32 Å². The van der Waals surface area contributed by atoms with Crippen LogP contribution in [0.15, 0.2) is 36.5 Å². The molecule has 0 saturated heterocycles. The van der Waals surface area contributed by atoms with Crippen LogP contribution in [0.5, 0.6) is 0 Å². The zero-order valence-corrected chi connectivity index (χ0v) is 39.6. The van der Waals surface area contributed by atoms with E-state index in [1.165, 1.54) is 218 Å². The molecule has 348 valence electrons. The molecule has 5 nitrogen and oxygen atoms in total. The Bertz CT molecular complexity index is 916. The van der Waals surface area contributed by atoms with Crippen LogP contribution in [0.1, 0.15) is 277 Å². The standard InChI is InChI=1S/C54H103NO4/c1-3-5-7-9-11-13-15-17-18-19-20-21-22-23-24-25-26-27-28-29-30-31-32-33-34-36-37-39-41-43-45-47-51(57)49-54(59)55-52(50-56)53(58)48-46-44-42-40-38-35-16-14-12-10-8-6-4-2/h20-21,23-24,46,48,51-53,56-58H,3-19,22,25-45,47,49-50H2,1-2H3,(H,55,59)/b21-20-,24-23-,48-46+. The van der Waals surface area contributed by atoms with Crippen molar-refractivity contribution < 1.29 is 20.1 Å². The van der Waals surface area contributed by atoms with E-state index in [1.807, 2.05) is 6.08 Å². The predicted octanol–water partition coefficient (Wildman–Crippen LogP) is 15.9. The molecule has 5 heteroatoms. The summed E-state index contributed by atoms with van der Waals surface area (Å²) in [7, 11) is 0. The lowest BCUT2D eigenvalue weighted by atomic mass is 10.0. The second-order valence-corrected chi connectivity index (χ2v) is 18.1. The van der Waals surface area contributed by atoms with Crippen LogP contribution in [0, 0.1) is 0 Å². The minimum atomic E-state index is -0.927. The Kier molecular flexibility index (Phi) is 48.0. The number of hydrogen-bond acceptors (Lipinski definition) is 4. The summed E-state index contributed by atoms with van der Waals surface area (Å²) in [4.78, 5) is 12.5. The first-order valence-corrected chi connectivity index (χ1v) is 26.3. The first kappa shape index (κ1) is 57.6. The van der Waals surface area contributed by atoms with Gasteiger partial charge in [-0.05, 0) is 51.4 Å². The topological polar surface area (TPSA) is 89.8 Å². The van der Waals surface area contributed by atoms with Gasteiger partial charge in [0.15, 0.2) is 0 Å².